The van der Waals surface area contributed by atoms with E-state index < -0.39 is 0 Å². The molecule has 3 heteroatoms. The molecule has 2 nitrogen and oxygen atoms in total. The fourth-order valence-corrected chi connectivity index (χ4v) is 0. The van der Waals surface area contributed by atoms with E-state index in [4.69, 9.17) is 7.96 Å². The predicted molar refractivity (Wildman–Crippen MR) is 20.6 cm³/mol. The van der Waals surface area contributed by atoms with E-state index in [1.165, 1.54) is 0 Å². The first-order valence-electron chi connectivity index (χ1n) is 1.31. The summed E-state index contributed by atoms with van der Waals surface area (Å²) in [5.74, 6) is 0. The fraction of sp³-hybridized carbons (Fsp3) is 1.00. The maximum absolute atomic E-state index is 8.42. The average Bonchev–Trinajstić information content (AvgIpc) is 1.46. The first-order chi connectivity index (χ1) is 2.41. The monoisotopic (exact) mass is 178 g/mol. The topological polar surface area (TPSA) is 37.3 Å². The Labute approximate surface area is 46.2 Å². The molecule has 0 aliphatic heterocycles. The Balaban J connectivity index is 0. The number of aliphatic hydroxyl groups excluding tert-OH is 1. The van der Waals surface area contributed by atoms with Crippen molar-refractivity contribution in [2.24, 2.45) is 0 Å². The summed E-state index contributed by atoms with van der Waals surface area (Å²) >= 11 is -0.1000. The van der Waals surface area contributed by atoms with Gasteiger partial charge >= 0.3 is 27.2 Å². The second-order valence-electron chi connectivity index (χ2n) is 0.316. The van der Waals surface area contributed by atoms with Gasteiger partial charge in [0, 0.05) is 6.61 Å². The van der Waals surface area contributed by atoms with Gasteiger partial charge in [0.15, 0.2) is 0 Å². The van der Waals surface area contributed by atoms with Gasteiger partial charge in [0.25, 0.3) is 0 Å². The molecule has 0 saturated heterocycles. The Kier molecular flexibility index (Phi) is 42.1. The van der Waals surface area contributed by atoms with E-state index in [1.54, 1.807) is 6.92 Å². The zero-order chi connectivity index (χ0) is 4.71. The van der Waals surface area contributed by atoms with E-state index in [-0.39, 0.29) is 31.0 Å². The second kappa shape index (κ2) is 23.0. The Morgan fingerprint density at radius 3 is 1.80 bits per heavy atom. The van der Waals surface area contributed by atoms with Crippen LogP contribution in [0.4, 0.5) is 0 Å². The molecule has 0 unspecified atom stereocenters. The van der Waals surface area contributed by atoms with Gasteiger partial charge in [-0.05, 0) is 6.92 Å². The molecule has 0 bridgehead atoms. The quantitative estimate of drug-likeness (QED) is 0.528. The predicted octanol–water partition coefficient (Wildman–Crippen LogP) is -0.769. The molecule has 0 heterocycles. The van der Waals surface area contributed by atoms with Gasteiger partial charge in [-0.3, -0.25) is 0 Å². The molecular formula is C2H7InO2. The van der Waals surface area contributed by atoms with Crippen LogP contribution in [-0.4, -0.2) is 36.1 Å². The molecule has 0 rings (SSSR count). The fourth-order valence-electron chi connectivity index (χ4n) is 0. The molecule has 0 aromatic carbocycles. The van der Waals surface area contributed by atoms with Gasteiger partial charge in [-0.1, -0.05) is 0 Å². The zero-order valence-electron chi connectivity index (χ0n) is 3.27. The van der Waals surface area contributed by atoms with Gasteiger partial charge in [-0.15, -0.1) is 0 Å². The molecule has 0 aliphatic rings. The van der Waals surface area contributed by atoms with Crippen molar-refractivity contribution in [2.45, 2.75) is 6.92 Å². The summed E-state index contributed by atoms with van der Waals surface area (Å²) in [6.07, 6.45) is 0. The van der Waals surface area contributed by atoms with Crippen molar-refractivity contribution in [1.29, 1.82) is 0 Å². The van der Waals surface area contributed by atoms with Crippen LogP contribution in [0.25, 0.3) is 0 Å². The first kappa shape index (κ1) is 9.16. The van der Waals surface area contributed by atoms with Gasteiger partial charge in [-0.25, -0.2) is 0 Å². The third-order valence-corrected chi connectivity index (χ3v) is 0. The van der Waals surface area contributed by atoms with E-state index in [1.807, 2.05) is 0 Å². The summed E-state index contributed by atoms with van der Waals surface area (Å²) in [7, 11) is 0. The van der Waals surface area contributed by atoms with Crippen molar-refractivity contribution < 1.29 is 7.96 Å². The van der Waals surface area contributed by atoms with Crippen molar-refractivity contribution in [1.82, 2.24) is 0 Å². The third-order valence-electron chi connectivity index (χ3n) is 0. The summed E-state index contributed by atoms with van der Waals surface area (Å²) in [6.45, 7) is 1.93. The summed E-state index contributed by atoms with van der Waals surface area (Å²) < 4.78 is 8.42. The van der Waals surface area contributed by atoms with Crippen LogP contribution < -0.4 is 0 Å². The Morgan fingerprint density at radius 2 is 1.80 bits per heavy atom. The number of hydrogen-bond acceptors (Lipinski definition) is 2. The van der Waals surface area contributed by atoms with Crippen LogP contribution >= 0.6 is 0 Å². The molecule has 1 N–H and O–H groups in total. The summed E-state index contributed by atoms with van der Waals surface area (Å²) in [5.41, 5.74) is 0. The van der Waals surface area contributed by atoms with E-state index in [2.05, 4.69) is 0 Å². The molecule has 0 aromatic heterocycles. The summed E-state index contributed by atoms with van der Waals surface area (Å²) in [4.78, 5) is 0. The standard InChI is InChI=1S/C2H6O.In.O.H/c1-2-3;;;/h3H,2H2,1H3;;;. The van der Waals surface area contributed by atoms with Crippen LogP contribution in [0.15, 0.2) is 0 Å². The van der Waals surface area contributed by atoms with Gasteiger partial charge in [0.1, 0.15) is 0 Å². The van der Waals surface area contributed by atoms with Gasteiger partial charge in [0.2, 0.25) is 0 Å². The SMILES string of the molecule is CCO.[O]=[InH]. The number of rotatable bonds is 0. The molecule has 0 saturated carbocycles. The zero-order valence-corrected chi connectivity index (χ0v) is 7.31. The summed E-state index contributed by atoms with van der Waals surface area (Å²) in [5, 5.41) is 7.57. The van der Waals surface area contributed by atoms with Crippen molar-refractivity contribution >= 4 is 24.4 Å². The van der Waals surface area contributed by atoms with Crippen LogP contribution in [0.2, 0.25) is 0 Å². The van der Waals surface area contributed by atoms with Gasteiger partial charge < -0.3 is 5.11 Å². The van der Waals surface area contributed by atoms with Gasteiger partial charge in [0.05, 0.1) is 0 Å². The van der Waals surface area contributed by atoms with Crippen LogP contribution in [0, 0.1) is 0 Å². The third kappa shape index (κ3) is 80.7. The molecule has 0 aromatic rings. The van der Waals surface area contributed by atoms with E-state index in [9.17, 15) is 0 Å². The normalized spacial score (nSPS) is 4.20. The molecular weight excluding hydrogens is 171 g/mol. The minimum atomic E-state index is -0.1000. The Morgan fingerprint density at radius 1 is 1.80 bits per heavy atom. The maximum atomic E-state index is 8.42. The van der Waals surface area contributed by atoms with E-state index >= 15 is 0 Å². The molecule has 0 spiro atoms. The minimum absolute atomic E-state index is 0.1000. The molecule has 0 radical (unpaired) electrons. The molecule has 0 amide bonds. The van der Waals surface area contributed by atoms with Crippen molar-refractivity contribution in [3.8, 4) is 0 Å². The molecule has 0 aliphatic carbocycles. The average molecular weight is 178 g/mol. The van der Waals surface area contributed by atoms with Crippen LogP contribution in [-0.2, 0) is 2.85 Å². The van der Waals surface area contributed by atoms with E-state index in [0.717, 1.165) is 0 Å². The van der Waals surface area contributed by atoms with E-state index in [0.29, 0.717) is 0 Å². The van der Waals surface area contributed by atoms with Crippen molar-refractivity contribution in [3.05, 3.63) is 0 Å². The molecule has 5 heavy (non-hydrogen) atoms. The van der Waals surface area contributed by atoms with Gasteiger partial charge in [-0.2, -0.15) is 0 Å². The molecule has 0 atom stereocenters. The van der Waals surface area contributed by atoms with Crippen molar-refractivity contribution in [3.63, 3.8) is 0 Å². The number of aliphatic hydroxyl groups is 1. The first-order valence-corrected chi connectivity index (χ1v) is 2.96. The van der Waals surface area contributed by atoms with Crippen LogP contribution in [0.1, 0.15) is 6.92 Å². The molecule has 30 valence electrons. The Bertz CT molecular complexity index is 11.6. The Hall–Kier alpha value is 0.630. The van der Waals surface area contributed by atoms with Crippen molar-refractivity contribution in [2.75, 3.05) is 6.61 Å². The number of hydrogen-bond donors (Lipinski definition) is 1. The summed E-state index contributed by atoms with van der Waals surface area (Å²) in [6, 6.07) is 0. The van der Waals surface area contributed by atoms with Crippen LogP contribution in [0.3, 0.4) is 0 Å². The second-order valence-corrected chi connectivity index (χ2v) is 0.316. The van der Waals surface area contributed by atoms with Crippen LogP contribution in [0.5, 0.6) is 0 Å². The molecule has 0 fully saturated rings.